The molecule has 2 aromatic carbocycles. The number of nitrogens with one attached hydrogen (secondary N) is 1. The van der Waals surface area contributed by atoms with Gasteiger partial charge in [-0.1, -0.05) is 23.7 Å². The largest absolute Gasteiger partial charge is 0.399 e. The van der Waals surface area contributed by atoms with E-state index in [0.29, 0.717) is 10.7 Å². The van der Waals surface area contributed by atoms with E-state index >= 15 is 0 Å². The molecule has 3 nitrogen and oxygen atoms in total. The van der Waals surface area contributed by atoms with Crippen molar-refractivity contribution in [2.24, 2.45) is 0 Å². The summed E-state index contributed by atoms with van der Waals surface area (Å²) in [5.41, 5.74) is 11.4. The fourth-order valence-electron chi connectivity index (χ4n) is 2.40. The van der Waals surface area contributed by atoms with Crippen LogP contribution in [0.5, 0.6) is 0 Å². The van der Waals surface area contributed by atoms with Gasteiger partial charge in [0.25, 0.3) is 0 Å². The van der Waals surface area contributed by atoms with Gasteiger partial charge in [0.1, 0.15) is 0 Å². The first-order chi connectivity index (χ1) is 10.0. The smallest absolute Gasteiger partial charge is 0.0727 e. The van der Waals surface area contributed by atoms with Gasteiger partial charge in [-0.05, 0) is 49.7 Å². The Morgan fingerprint density at radius 1 is 1.10 bits per heavy atom. The Kier molecular flexibility index (Phi) is 3.43. The number of hydrogen-bond acceptors (Lipinski definition) is 3. The second-order valence-corrected chi connectivity index (χ2v) is 5.55. The molecule has 0 spiro atoms. The monoisotopic (exact) mass is 297 g/mol. The van der Waals surface area contributed by atoms with Gasteiger partial charge >= 0.3 is 0 Å². The van der Waals surface area contributed by atoms with E-state index in [1.807, 2.05) is 56.3 Å². The molecule has 0 atom stereocenters. The Balaban J connectivity index is 2.18. The van der Waals surface area contributed by atoms with E-state index in [1.165, 1.54) is 0 Å². The highest BCUT2D eigenvalue weighted by Crippen LogP contribution is 2.32. The highest BCUT2D eigenvalue weighted by molar-refractivity contribution is 6.33. The van der Waals surface area contributed by atoms with Crippen LogP contribution in [0.4, 0.5) is 17.1 Å². The number of fused-ring (bicyclic) bond motifs is 1. The van der Waals surface area contributed by atoms with Gasteiger partial charge in [-0.25, -0.2) is 0 Å². The van der Waals surface area contributed by atoms with Gasteiger partial charge < -0.3 is 11.1 Å². The third kappa shape index (κ3) is 2.65. The minimum absolute atomic E-state index is 0.696. The summed E-state index contributed by atoms with van der Waals surface area (Å²) in [5, 5.41) is 5.11. The Bertz CT molecular complexity index is 807. The molecule has 0 radical (unpaired) electrons. The molecule has 0 saturated carbocycles. The molecule has 0 fully saturated rings. The molecule has 0 aliphatic heterocycles. The van der Waals surface area contributed by atoms with Crippen molar-refractivity contribution < 1.29 is 0 Å². The van der Waals surface area contributed by atoms with Gasteiger partial charge in [0, 0.05) is 22.5 Å². The van der Waals surface area contributed by atoms with Crippen molar-refractivity contribution in [1.82, 2.24) is 4.98 Å². The average Bonchev–Trinajstić information content (AvgIpc) is 2.43. The molecule has 3 N–H and O–H groups in total. The van der Waals surface area contributed by atoms with Crippen LogP contribution < -0.4 is 11.1 Å². The SMILES string of the molecule is Cc1cc(Nc2c(C)cccc2Cl)c2cc(N)ccc2n1. The number of halogens is 1. The molecule has 0 unspecified atom stereocenters. The lowest BCUT2D eigenvalue weighted by Crippen LogP contribution is -1.98. The van der Waals surface area contributed by atoms with Crippen molar-refractivity contribution in [3.8, 4) is 0 Å². The van der Waals surface area contributed by atoms with Gasteiger partial charge in [0.2, 0.25) is 0 Å². The van der Waals surface area contributed by atoms with Crippen LogP contribution in [0.3, 0.4) is 0 Å². The maximum absolute atomic E-state index is 6.30. The van der Waals surface area contributed by atoms with Crippen LogP contribution in [0.25, 0.3) is 10.9 Å². The molecule has 21 heavy (non-hydrogen) atoms. The zero-order chi connectivity index (χ0) is 15.0. The molecule has 3 rings (SSSR count). The summed E-state index contributed by atoms with van der Waals surface area (Å²) in [5.74, 6) is 0. The highest BCUT2D eigenvalue weighted by Gasteiger charge is 2.09. The predicted molar refractivity (Wildman–Crippen MR) is 90.4 cm³/mol. The topological polar surface area (TPSA) is 50.9 Å². The number of nitrogens with zero attached hydrogens (tertiary/aromatic N) is 1. The molecule has 0 saturated heterocycles. The first-order valence-electron chi connectivity index (χ1n) is 6.73. The van der Waals surface area contributed by atoms with Gasteiger partial charge in [0.15, 0.2) is 0 Å². The molecular formula is C17H16ClN3. The number of para-hydroxylation sites is 1. The molecule has 0 bridgehead atoms. The summed E-state index contributed by atoms with van der Waals surface area (Å²) in [6.07, 6.45) is 0. The second kappa shape index (κ2) is 5.26. The average molecular weight is 298 g/mol. The third-order valence-corrected chi connectivity index (χ3v) is 3.76. The summed E-state index contributed by atoms with van der Waals surface area (Å²) in [7, 11) is 0. The molecule has 0 aliphatic rings. The van der Waals surface area contributed by atoms with E-state index < -0.39 is 0 Å². The van der Waals surface area contributed by atoms with Crippen LogP contribution in [-0.2, 0) is 0 Å². The van der Waals surface area contributed by atoms with Gasteiger partial charge in [-0.2, -0.15) is 0 Å². The second-order valence-electron chi connectivity index (χ2n) is 5.14. The van der Waals surface area contributed by atoms with Crippen LogP contribution in [0.2, 0.25) is 5.02 Å². The van der Waals surface area contributed by atoms with Crippen molar-refractivity contribution >= 4 is 39.6 Å². The minimum Gasteiger partial charge on any atom is -0.399 e. The van der Waals surface area contributed by atoms with Crippen molar-refractivity contribution in [1.29, 1.82) is 0 Å². The number of aryl methyl sites for hydroxylation is 2. The molecule has 106 valence electrons. The van der Waals surface area contributed by atoms with Crippen LogP contribution >= 0.6 is 11.6 Å². The highest BCUT2D eigenvalue weighted by atomic mass is 35.5. The Hall–Kier alpha value is -2.26. The van der Waals surface area contributed by atoms with E-state index in [-0.39, 0.29) is 0 Å². The maximum atomic E-state index is 6.30. The molecule has 1 aromatic heterocycles. The van der Waals surface area contributed by atoms with E-state index in [2.05, 4.69) is 10.3 Å². The lowest BCUT2D eigenvalue weighted by atomic mass is 10.1. The predicted octanol–water partition coefficient (Wildman–Crippen LogP) is 4.83. The zero-order valence-corrected chi connectivity index (χ0v) is 12.7. The van der Waals surface area contributed by atoms with Crippen molar-refractivity contribution in [3.05, 3.63) is 58.7 Å². The summed E-state index contributed by atoms with van der Waals surface area (Å²) in [6.45, 7) is 4.00. The molecule has 0 amide bonds. The van der Waals surface area contributed by atoms with Crippen LogP contribution in [-0.4, -0.2) is 4.98 Å². The van der Waals surface area contributed by atoms with E-state index in [1.54, 1.807) is 0 Å². The first kappa shape index (κ1) is 13.7. The number of anilines is 3. The normalized spacial score (nSPS) is 10.8. The molecule has 1 heterocycles. The summed E-state index contributed by atoms with van der Waals surface area (Å²) < 4.78 is 0. The lowest BCUT2D eigenvalue weighted by Gasteiger charge is -2.14. The summed E-state index contributed by atoms with van der Waals surface area (Å²) in [6, 6.07) is 13.6. The van der Waals surface area contributed by atoms with Gasteiger partial charge in [0.05, 0.1) is 16.2 Å². The molecule has 0 aliphatic carbocycles. The lowest BCUT2D eigenvalue weighted by molar-refractivity contribution is 1.25. The maximum Gasteiger partial charge on any atom is 0.0727 e. The van der Waals surface area contributed by atoms with E-state index in [0.717, 1.165) is 33.5 Å². The number of nitrogens with two attached hydrogens (primary N) is 1. The third-order valence-electron chi connectivity index (χ3n) is 3.44. The fraction of sp³-hybridized carbons (Fsp3) is 0.118. The van der Waals surface area contributed by atoms with Crippen LogP contribution in [0.1, 0.15) is 11.3 Å². The molecule has 4 heteroatoms. The van der Waals surface area contributed by atoms with Crippen LogP contribution in [0.15, 0.2) is 42.5 Å². The zero-order valence-electron chi connectivity index (χ0n) is 11.9. The van der Waals surface area contributed by atoms with E-state index in [4.69, 9.17) is 17.3 Å². The summed E-state index contributed by atoms with van der Waals surface area (Å²) >= 11 is 6.30. The number of nitrogen functional groups attached to an aromatic ring is 1. The number of benzene rings is 2. The molecular weight excluding hydrogens is 282 g/mol. The van der Waals surface area contributed by atoms with Gasteiger partial charge in [-0.15, -0.1) is 0 Å². The summed E-state index contributed by atoms with van der Waals surface area (Å²) in [4.78, 5) is 4.54. The number of rotatable bonds is 2. The Morgan fingerprint density at radius 2 is 1.90 bits per heavy atom. The fourth-order valence-corrected chi connectivity index (χ4v) is 2.67. The van der Waals surface area contributed by atoms with E-state index in [9.17, 15) is 0 Å². The quantitative estimate of drug-likeness (QED) is 0.666. The van der Waals surface area contributed by atoms with Crippen molar-refractivity contribution in [2.75, 3.05) is 11.1 Å². The first-order valence-corrected chi connectivity index (χ1v) is 7.11. The number of aromatic nitrogens is 1. The number of pyridine rings is 1. The molecule has 3 aromatic rings. The van der Waals surface area contributed by atoms with Crippen molar-refractivity contribution in [2.45, 2.75) is 13.8 Å². The standard InChI is InChI=1S/C17H16ClN3/c1-10-4-3-5-14(18)17(10)21-16-8-11(2)20-15-7-6-12(19)9-13(15)16/h3-9H,19H2,1-2H3,(H,20,21). The number of hydrogen-bond donors (Lipinski definition) is 2. The Morgan fingerprint density at radius 3 is 2.67 bits per heavy atom. The van der Waals surface area contributed by atoms with Crippen LogP contribution in [0, 0.1) is 13.8 Å². The minimum atomic E-state index is 0.696. The van der Waals surface area contributed by atoms with Gasteiger partial charge in [-0.3, -0.25) is 4.98 Å². The van der Waals surface area contributed by atoms with Crippen molar-refractivity contribution in [3.63, 3.8) is 0 Å². The Labute approximate surface area is 128 Å².